The van der Waals surface area contributed by atoms with Gasteiger partial charge in [-0.2, -0.15) is 0 Å². The van der Waals surface area contributed by atoms with Crippen LogP contribution in [0.25, 0.3) is 0 Å². The van der Waals surface area contributed by atoms with Gasteiger partial charge in [-0.3, -0.25) is 0 Å². The fourth-order valence-electron chi connectivity index (χ4n) is 11.6. The Labute approximate surface area is 359 Å². The summed E-state index contributed by atoms with van der Waals surface area (Å²) in [6.45, 7) is 4.22. The number of fused-ring (bicyclic) bond motifs is 6. The summed E-state index contributed by atoms with van der Waals surface area (Å²) in [5, 5.41) is 35.1. The van der Waals surface area contributed by atoms with Crippen molar-refractivity contribution in [3.8, 4) is 23.0 Å². The van der Waals surface area contributed by atoms with Crippen molar-refractivity contribution in [3.05, 3.63) is 48.5 Å². The number of para-hydroxylation sites is 4. The van der Waals surface area contributed by atoms with Crippen molar-refractivity contribution < 1.29 is 38.6 Å². The smallest absolute Gasteiger partial charge is 0.161 e. The van der Waals surface area contributed by atoms with Crippen LogP contribution in [0.5, 0.6) is 23.0 Å². The third kappa shape index (κ3) is 12.3. The fraction of sp³-hybridized carbons (Fsp3) is 0.750. The first-order chi connectivity index (χ1) is 29.5. The monoisotopic (exact) mass is 837 g/mol. The lowest BCUT2D eigenvalue weighted by Crippen LogP contribution is -2.43. The summed E-state index contributed by atoms with van der Waals surface area (Å²) in [7, 11) is 3.28. The standard InChI is InChI=1S/2C24H38N2O4/c2*1-28-21-10-4-5-11-22(21)29-14-13-25-15-17(27)16-30-23-12-6-9-20-24(23)18-7-2-3-8-19(18)26-20/h2*4-5,10-11,17-20,23-27H,2-3,6-9,12-16H2,1H3. The Kier molecular flexibility index (Phi) is 17.9. The van der Waals surface area contributed by atoms with E-state index in [4.69, 9.17) is 28.4 Å². The third-order valence-corrected chi connectivity index (χ3v) is 14.3. The maximum absolute atomic E-state index is 10.4. The third-order valence-electron chi connectivity index (χ3n) is 14.3. The normalized spacial score (nSPS) is 31.6. The number of aliphatic hydroxyl groups is 2. The van der Waals surface area contributed by atoms with E-state index in [0.29, 0.717) is 101 Å². The van der Waals surface area contributed by atoms with E-state index < -0.39 is 12.2 Å². The van der Waals surface area contributed by atoms with Crippen molar-refractivity contribution in [2.24, 2.45) is 23.7 Å². The molecule has 4 aliphatic carbocycles. The Hall–Kier alpha value is -2.68. The van der Waals surface area contributed by atoms with Gasteiger partial charge in [0.05, 0.1) is 51.8 Å². The summed E-state index contributed by atoms with van der Waals surface area (Å²) in [5.41, 5.74) is 0. The molecule has 0 amide bonds. The lowest BCUT2D eigenvalue weighted by Gasteiger charge is -2.38. The molecular formula is C48H76N4O8. The number of hydrogen-bond donors (Lipinski definition) is 6. The second-order valence-electron chi connectivity index (χ2n) is 18.1. The molecule has 60 heavy (non-hydrogen) atoms. The predicted octanol–water partition coefficient (Wildman–Crippen LogP) is 5.48. The van der Waals surface area contributed by atoms with Gasteiger partial charge >= 0.3 is 0 Å². The number of benzene rings is 2. The number of methoxy groups -OCH3 is 2. The van der Waals surface area contributed by atoms with Crippen LogP contribution in [0.3, 0.4) is 0 Å². The van der Waals surface area contributed by atoms with E-state index in [-0.39, 0.29) is 0 Å². The SMILES string of the molecule is COc1ccccc1OCCNCC(O)COC1CCCC2NC3CCCCC3C21.COc1ccccc1OCCNCC(O)COC1CCCC2NC3CCCCC3C21. The van der Waals surface area contributed by atoms with Gasteiger partial charge in [-0.1, -0.05) is 49.9 Å². The van der Waals surface area contributed by atoms with E-state index in [2.05, 4.69) is 21.3 Å². The summed E-state index contributed by atoms with van der Waals surface area (Å²) in [5.74, 6) is 5.77. The highest BCUT2D eigenvalue weighted by Crippen LogP contribution is 2.46. The van der Waals surface area contributed by atoms with Gasteiger partial charge in [0.25, 0.3) is 0 Å². The van der Waals surface area contributed by atoms with Gasteiger partial charge in [0.1, 0.15) is 13.2 Å². The Morgan fingerprint density at radius 1 is 0.533 bits per heavy atom. The first kappa shape index (κ1) is 45.3. The van der Waals surface area contributed by atoms with E-state index in [1.54, 1.807) is 14.2 Å². The van der Waals surface area contributed by atoms with Crippen molar-refractivity contribution in [1.29, 1.82) is 0 Å². The molecule has 2 saturated heterocycles. The predicted molar refractivity (Wildman–Crippen MR) is 234 cm³/mol. The molecular weight excluding hydrogens is 761 g/mol. The van der Waals surface area contributed by atoms with Gasteiger partial charge in [-0.05, 0) is 100 Å². The molecule has 6 fully saturated rings. The number of aliphatic hydroxyl groups excluding tert-OH is 2. The van der Waals surface area contributed by atoms with Crippen molar-refractivity contribution in [3.63, 3.8) is 0 Å². The van der Waals surface area contributed by atoms with Crippen LogP contribution in [0.2, 0.25) is 0 Å². The molecule has 2 aliphatic heterocycles. The van der Waals surface area contributed by atoms with Crippen LogP contribution in [0.15, 0.2) is 48.5 Å². The maximum Gasteiger partial charge on any atom is 0.161 e. The summed E-state index contributed by atoms with van der Waals surface area (Å²) in [6.07, 6.45) is 17.7. The molecule has 2 heterocycles. The van der Waals surface area contributed by atoms with Crippen molar-refractivity contribution in [2.75, 3.05) is 66.8 Å². The largest absolute Gasteiger partial charge is 0.493 e. The molecule has 0 spiro atoms. The average molecular weight is 837 g/mol. The van der Waals surface area contributed by atoms with E-state index >= 15 is 0 Å². The molecule has 12 nitrogen and oxygen atoms in total. The van der Waals surface area contributed by atoms with Gasteiger partial charge in [-0.15, -0.1) is 0 Å². The minimum Gasteiger partial charge on any atom is -0.493 e. The lowest BCUT2D eigenvalue weighted by molar-refractivity contribution is -0.0621. The first-order valence-corrected chi connectivity index (χ1v) is 23.6. The second kappa shape index (κ2) is 23.7. The summed E-state index contributed by atoms with van der Waals surface area (Å²) >= 11 is 0. The maximum atomic E-state index is 10.4. The Morgan fingerprint density at radius 3 is 1.37 bits per heavy atom. The van der Waals surface area contributed by atoms with Gasteiger partial charge in [-0.25, -0.2) is 0 Å². The van der Waals surface area contributed by atoms with Crippen LogP contribution < -0.4 is 40.2 Å². The number of rotatable bonds is 20. The van der Waals surface area contributed by atoms with E-state index in [1.807, 2.05) is 48.5 Å². The fourth-order valence-corrected chi connectivity index (χ4v) is 11.6. The van der Waals surface area contributed by atoms with Crippen molar-refractivity contribution in [1.82, 2.24) is 21.3 Å². The van der Waals surface area contributed by atoms with Crippen LogP contribution in [-0.4, -0.2) is 126 Å². The highest BCUT2D eigenvalue weighted by Gasteiger charge is 2.50. The molecule has 12 heteroatoms. The molecule has 2 aromatic rings. The molecule has 12 atom stereocenters. The van der Waals surface area contributed by atoms with Crippen molar-refractivity contribution >= 4 is 0 Å². The Bertz CT molecular complexity index is 1430. The minimum atomic E-state index is -0.492. The van der Waals surface area contributed by atoms with Gasteiger partial charge < -0.3 is 59.9 Å². The summed E-state index contributed by atoms with van der Waals surface area (Å²) in [6, 6.07) is 17.9. The quantitative estimate of drug-likeness (QED) is 0.0941. The first-order valence-electron chi connectivity index (χ1n) is 23.6. The highest BCUT2D eigenvalue weighted by molar-refractivity contribution is 5.40. The lowest BCUT2D eigenvalue weighted by atomic mass is 9.72. The van der Waals surface area contributed by atoms with E-state index in [9.17, 15) is 10.2 Å². The molecule has 336 valence electrons. The molecule has 0 aromatic heterocycles. The van der Waals surface area contributed by atoms with E-state index in [1.165, 1.54) is 77.0 Å². The zero-order valence-electron chi connectivity index (χ0n) is 36.4. The van der Waals surface area contributed by atoms with Gasteiger partial charge in [0, 0.05) is 62.2 Å². The molecule has 6 aliphatic rings. The number of nitrogens with one attached hydrogen (secondary N) is 4. The topological polar surface area (TPSA) is 144 Å². The molecule has 2 aromatic carbocycles. The Balaban J connectivity index is 0.000000181. The van der Waals surface area contributed by atoms with E-state index in [0.717, 1.165) is 47.7 Å². The van der Waals surface area contributed by atoms with Crippen LogP contribution in [0.1, 0.15) is 89.9 Å². The molecule has 12 unspecified atom stereocenters. The average Bonchev–Trinajstić information content (AvgIpc) is 3.87. The van der Waals surface area contributed by atoms with Crippen LogP contribution in [-0.2, 0) is 9.47 Å². The number of hydrogen-bond acceptors (Lipinski definition) is 12. The molecule has 8 rings (SSSR count). The van der Waals surface area contributed by atoms with Gasteiger partial charge in [0.2, 0.25) is 0 Å². The zero-order valence-corrected chi connectivity index (χ0v) is 36.4. The van der Waals surface area contributed by atoms with Gasteiger partial charge in [0.15, 0.2) is 23.0 Å². The zero-order chi connectivity index (χ0) is 41.5. The second-order valence-corrected chi connectivity index (χ2v) is 18.1. The highest BCUT2D eigenvalue weighted by atomic mass is 16.5. The van der Waals surface area contributed by atoms with Crippen LogP contribution in [0, 0.1) is 23.7 Å². The molecule has 6 N–H and O–H groups in total. The van der Waals surface area contributed by atoms with Crippen molar-refractivity contribution in [2.45, 2.75) is 138 Å². The van der Waals surface area contributed by atoms with Crippen LogP contribution >= 0.6 is 0 Å². The molecule has 4 saturated carbocycles. The minimum absolute atomic E-state index is 0.299. The number of ether oxygens (including phenoxy) is 6. The summed E-state index contributed by atoms with van der Waals surface area (Å²) < 4.78 is 34.7. The Morgan fingerprint density at radius 2 is 0.933 bits per heavy atom. The molecule has 0 bridgehead atoms. The molecule has 0 radical (unpaired) electrons. The summed E-state index contributed by atoms with van der Waals surface area (Å²) in [4.78, 5) is 0. The van der Waals surface area contributed by atoms with Crippen LogP contribution in [0.4, 0.5) is 0 Å².